The number of anilines is 1. The molecule has 0 bridgehead atoms. The van der Waals surface area contributed by atoms with Crippen LogP contribution in [-0.2, 0) is 6.54 Å². The molecule has 28 heavy (non-hydrogen) atoms. The van der Waals surface area contributed by atoms with E-state index in [0.29, 0.717) is 12.2 Å². The number of rotatable bonds is 5. The minimum absolute atomic E-state index is 0.217. The summed E-state index contributed by atoms with van der Waals surface area (Å²) in [6.07, 6.45) is 3.14. The molecule has 0 amide bonds. The second-order valence-corrected chi connectivity index (χ2v) is 6.15. The Labute approximate surface area is 160 Å². The first-order chi connectivity index (χ1) is 13.6. The van der Waals surface area contributed by atoms with Crippen LogP contribution in [0.1, 0.15) is 5.56 Å². The minimum atomic E-state index is -0.221. The van der Waals surface area contributed by atoms with Gasteiger partial charge in [0.2, 0.25) is 5.95 Å². The Morgan fingerprint density at radius 1 is 1.11 bits per heavy atom. The quantitative estimate of drug-likeness (QED) is 0.574. The molecule has 0 saturated heterocycles. The molecule has 0 radical (unpaired) electrons. The summed E-state index contributed by atoms with van der Waals surface area (Å²) in [6.45, 7) is 0.411. The molecule has 0 atom stereocenters. The lowest BCUT2D eigenvalue weighted by Gasteiger charge is -2.05. The molecular formula is C20H18N6O2. The van der Waals surface area contributed by atoms with Gasteiger partial charge in [-0.3, -0.25) is 4.57 Å². The zero-order valence-electron chi connectivity index (χ0n) is 15.2. The van der Waals surface area contributed by atoms with Crippen molar-refractivity contribution in [3.05, 3.63) is 83.2 Å². The van der Waals surface area contributed by atoms with E-state index in [9.17, 15) is 4.79 Å². The van der Waals surface area contributed by atoms with Crippen molar-refractivity contribution < 1.29 is 4.74 Å². The van der Waals surface area contributed by atoms with Crippen LogP contribution < -0.4 is 16.2 Å². The maximum Gasteiger partial charge on any atom is 0.350 e. The average Bonchev–Trinajstić information content (AvgIpc) is 3.08. The van der Waals surface area contributed by atoms with E-state index in [1.54, 1.807) is 23.9 Å². The number of nitrogens with two attached hydrogens (primary N) is 1. The molecule has 0 aliphatic heterocycles. The summed E-state index contributed by atoms with van der Waals surface area (Å²) in [6, 6.07) is 16.7. The predicted octanol–water partition coefficient (Wildman–Crippen LogP) is 2.13. The van der Waals surface area contributed by atoms with Crippen LogP contribution in [-0.4, -0.2) is 31.4 Å². The molecule has 0 aliphatic rings. The van der Waals surface area contributed by atoms with E-state index < -0.39 is 0 Å². The van der Waals surface area contributed by atoms with Crippen molar-refractivity contribution in [2.24, 2.45) is 0 Å². The Bertz CT molecular complexity index is 1160. The van der Waals surface area contributed by atoms with Gasteiger partial charge >= 0.3 is 5.69 Å². The van der Waals surface area contributed by atoms with Crippen molar-refractivity contribution in [2.45, 2.75) is 6.54 Å². The summed E-state index contributed by atoms with van der Waals surface area (Å²) in [4.78, 5) is 20.8. The molecule has 8 heteroatoms. The Kier molecular flexibility index (Phi) is 4.59. The molecule has 4 aromatic rings. The van der Waals surface area contributed by atoms with Crippen molar-refractivity contribution in [1.82, 2.24) is 24.3 Å². The Morgan fingerprint density at radius 3 is 2.68 bits per heavy atom. The topological polar surface area (TPSA) is 101 Å². The summed E-state index contributed by atoms with van der Waals surface area (Å²) < 4.78 is 8.14. The number of methoxy groups -OCH3 is 1. The van der Waals surface area contributed by atoms with Gasteiger partial charge in [0.15, 0.2) is 0 Å². The molecule has 2 heterocycles. The first-order valence-corrected chi connectivity index (χ1v) is 8.61. The number of hydrogen-bond donors (Lipinski definition) is 1. The number of ether oxygens (including phenoxy) is 1. The van der Waals surface area contributed by atoms with Crippen LogP contribution in [0.2, 0.25) is 0 Å². The maximum atomic E-state index is 12.7. The van der Waals surface area contributed by atoms with E-state index in [-0.39, 0.29) is 11.6 Å². The van der Waals surface area contributed by atoms with E-state index in [1.165, 1.54) is 11.0 Å². The van der Waals surface area contributed by atoms with Crippen molar-refractivity contribution in [3.8, 4) is 22.7 Å². The fourth-order valence-electron chi connectivity index (χ4n) is 2.90. The van der Waals surface area contributed by atoms with Gasteiger partial charge in [-0.1, -0.05) is 24.3 Å². The van der Waals surface area contributed by atoms with Crippen molar-refractivity contribution >= 4 is 5.95 Å². The van der Waals surface area contributed by atoms with Gasteiger partial charge in [0.25, 0.3) is 0 Å². The van der Waals surface area contributed by atoms with E-state index in [2.05, 4.69) is 15.1 Å². The van der Waals surface area contributed by atoms with Gasteiger partial charge in [-0.05, 0) is 35.9 Å². The van der Waals surface area contributed by atoms with E-state index >= 15 is 0 Å². The van der Waals surface area contributed by atoms with Gasteiger partial charge < -0.3 is 10.5 Å². The molecule has 2 N–H and O–H groups in total. The first kappa shape index (κ1) is 17.5. The lowest BCUT2D eigenvalue weighted by molar-refractivity contribution is 0.414. The molecule has 0 saturated carbocycles. The lowest BCUT2D eigenvalue weighted by atomic mass is 10.1. The van der Waals surface area contributed by atoms with Gasteiger partial charge in [0.05, 0.1) is 25.0 Å². The monoisotopic (exact) mass is 374 g/mol. The normalized spacial score (nSPS) is 10.8. The van der Waals surface area contributed by atoms with Crippen LogP contribution in [0.15, 0.2) is 71.9 Å². The summed E-state index contributed by atoms with van der Waals surface area (Å²) in [5.41, 5.74) is 8.63. The molecule has 8 nitrogen and oxygen atoms in total. The van der Waals surface area contributed by atoms with E-state index in [4.69, 9.17) is 10.5 Å². The number of aromatic nitrogens is 5. The molecule has 0 unspecified atom stereocenters. The maximum absolute atomic E-state index is 12.7. The minimum Gasteiger partial charge on any atom is -0.497 e. The number of benzene rings is 2. The zero-order chi connectivity index (χ0) is 19.5. The highest BCUT2D eigenvalue weighted by Crippen LogP contribution is 2.18. The van der Waals surface area contributed by atoms with E-state index in [1.807, 2.05) is 48.5 Å². The summed E-state index contributed by atoms with van der Waals surface area (Å²) in [7, 11) is 1.61. The smallest absolute Gasteiger partial charge is 0.350 e. The SMILES string of the molecule is COc1cccc(Cn2cnn(-c3ccc(-c4ccnc(N)n4)cc3)c2=O)c1. The molecule has 2 aromatic heterocycles. The van der Waals surface area contributed by atoms with E-state index in [0.717, 1.165) is 22.6 Å². The third-order valence-corrected chi connectivity index (χ3v) is 4.30. The summed E-state index contributed by atoms with van der Waals surface area (Å²) >= 11 is 0. The fourth-order valence-corrected chi connectivity index (χ4v) is 2.90. The summed E-state index contributed by atoms with van der Waals surface area (Å²) in [5.74, 6) is 0.966. The number of hydrogen-bond acceptors (Lipinski definition) is 6. The largest absolute Gasteiger partial charge is 0.497 e. The van der Waals surface area contributed by atoms with Crippen LogP contribution in [0, 0.1) is 0 Å². The zero-order valence-corrected chi connectivity index (χ0v) is 15.2. The number of nitrogens with zero attached hydrogens (tertiary/aromatic N) is 5. The van der Waals surface area contributed by atoms with Crippen LogP contribution in [0.3, 0.4) is 0 Å². The fraction of sp³-hybridized carbons (Fsp3) is 0.100. The van der Waals surface area contributed by atoms with Crippen LogP contribution in [0.5, 0.6) is 5.75 Å². The molecule has 0 aliphatic carbocycles. The van der Waals surface area contributed by atoms with Crippen molar-refractivity contribution in [3.63, 3.8) is 0 Å². The average molecular weight is 374 g/mol. The van der Waals surface area contributed by atoms with Crippen molar-refractivity contribution in [2.75, 3.05) is 12.8 Å². The summed E-state index contributed by atoms with van der Waals surface area (Å²) in [5, 5.41) is 4.23. The van der Waals surface area contributed by atoms with Gasteiger partial charge in [-0.2, -0.15) is 9.78 Å². The molecule has 0 fully saturated rings. The van der Waals surface area contributed by atoms with Gasteiger partial charge in [0.1, 0.15) is 12.1 Å². The predicted molar refractivity (Wildman–Crippen MR) is 105 cm³/mol. The molecular weight excluding hydrogens is 356 g/mol. The second kappa shape index (κ2) is 7.36. The third kappa shape index (κ3) is 3.48. The third-order valence-electron chi connectivity index (χ3n) is 4.30. The van der Waals surface area contributed by atoms with Gasteiger partial charge in [0, 0.05) is 11.8 Å². The van der Waals surface area contributed by atoms with Crippen LogP contribution in [0.4, 0.5) is 5.95 Å². The Morgan fingerprint density at radius 2 is 1.93 bits per heavy atom. The number of nitrogen functional groups attached to an aromatic ring is 1. The Balaban J connectivity index is 1.59. The highest BCUT2D eigenvalue weighted by atomic mass is 16.5. The molecule has 4 rings (SSSR count). The highest BCUT2D eigenvalue weighted by molar-refractivity contribution is 5.61. The van der Waals surface area contributed by atoms with Crippen LogP contribution >= 0.6 is 0 Å². The molecule has 0 spiro atoms. The van der Waals surface area contributed by atoms with Gasteiger partial charge in [-0.25, -0.2) is 14.8 Å². The van der Waals surface area contributed by atoms with Crippen LogP contribution in [0.25, 0.3) is 16.9 Å². The second-order valence-electron chi connectivity index (χ2n) is 6.15. The highest BCUT2D eigenvalue weighted by Gasteiger charge is 2.09. The Hall–Kier alpha value is -3.94. The molecule has 140 valence electrons. The van der Waals surface area contributed by atoms with Crippen molar-refractivity contribution in [1.29, 1.82) is 0 Å². The first-order valence-electron chi connectivity index (χ1n) is 8.61. The molecule has 2 aromatic carbocycles. The standard InChI is InChI=1S/C20H18N6O2/c1-28-17-4-2-3-14(11-17)12-25-13-23-26(20(25)27)16-7-5-15(6-8-16)18-9-10-22-19(21)24-18/h2-11,13H,12H2,1H3,(H2,21,22,24). The van der Waals surface area contributed by atoms with Gasteiger partial charge in [-0.15, -0.1) is 0 Å². The lowest BCUT2D eigenvalue weighted by Crippen LogP contribution is -2.24.